The van der Waals surface area contributed by atoms with Gasteiger partial charge in [0.2, 0.25) is 5.75 Å². The zero-order valence-electron chi connectivity index (χ0n) is 12.9. The lowest BCUT2D eigenvalue weighted by molar-refractivity contribution is 0.0893. The summed E-state index contributed by atoms with van der Waals surface area (Å²) in [4.78, 5) is 0. The quantitative estimate of drug-likeness (QED) is 0.796. The predicted molar refractivity (Wildman–Crippen MR) is 81.4 cm³/mol. The molecule has 1 heterocycles. The van der Waals surface area contributed by atoms with Gasteiger partial charge in [-0.3, -0.25) is 0 Å². The van der Waals surface area contributed by atoms with Crippen molar-refractivity contribution in [2.45, 2.75) is 31.8 Å². The fraction of sp³-hybridized carbons (Fsp3) is 0.625. The third-order valence-corrected chi connectivity index (χ3v) is 3.66. The van der Waals surface area contributed by atoms with Gasteiger partial charge in [-0.05, 0) is 43.5 Å². The van der Waals surface area contributed by atoms with E-state index >= 15 is 0 Å². The molecule has 5 heteroatoms. The van der Waals surface area contributed by atoms with Crippen molar-refractivity contribution >= 4 is 0 Å². The summed E-state index contributed by atoms with van der Waals surface area (Å²) >= 11 is 0. The number of nitrogens with two attached hydrogens (primary N) is 1. The summed E-state index contributed by atoms with van der Waals surface area (Å²) < 4.78 is 22.3. The van der Waals surface area contributed by atoms with Crippen LogP contribution < -0.4 is 19.9 Å². The molecular weight excluding hydrogens is 270 g/mol. The monoisotopic (exact) mass is 295 g/mol. The van der Waals surface area contributed by atoms with E-state index in [-0.39, 0.29) is 0 Å². The van der Waals surface area contributed by atoms with E-state index in [1.807, 2.05) is 12.1 Å². The van der Waals surface area contributed by atoms with Gasteiger partial charge < -0.3 is 24.7 Å². The summed E-state index contributed by atoms with van der Waals surface area (Å²) in [6.07, 6.45) is 4.25. The van der Waals surface area contributed by atoms with Crippen molar-refractivity contribution in [3.8, 4) is 17.2 Å². The van der Waals surface area contributed by atoms with Crippen LogP contribution in [0.3, 0.4) is 0 Å². The van der Waals surface area contributed by atoms with Crippen molar-refractivity contribution in [2.24, 2.45) is 5.73 Å². The van der Waals surface area contributed by atoms with E-state index in [0.29, 0.717) is 36.5 Å². The number of methoxy groups -OCH3 is 2. The zero-order chi connectivity index (χ0) is 15.1. The highest BCUT2D eigenvalue weighted by atomic mass is 16.5. The Morgan fingerprint density at radius 3 is 2.48 bits per heavy atom. The van der Waals surface area contributed by atoms with Crippen molar-refractivity contribution in [1.29, 1.82) is 0 Å². The van der Waals surface area contributed by atoms with E-state index in [0.717, 1.165) is 37.9 Å². The Morgan fingerprint density at radius 2 is 1.95 bits per heavy atom. The van der Waals surface area contributed by atoms with Crippen molar-refractivity contribution in [2.75, 3.05) is 34.0 Å². The van der Waals surface area contributed by atoms with Crippen molar-refractivity contribution in [1.82, 2.24) is 0 Å². The first kappa shape index (κ1) is 15.9. The van der Waals surface area contributed by atoms with Gasteiger partial charge in [-0.15, -0.1) is 0 Å². The second-order valence-corrected chi connectivity index (χ2v) is 5.14. The maximum Gasteiger partial charge on any atom is 0.203 e. The molecule has 0 radical (unpaired) electrons. The molecule has 1 saturated heterocycles. The Bertz CT molecular complexity index is 419. The minimum atomic E-state index is 0.318. The zero-order valence-corrected chi connectivity index (χ0v) is 12.9. The molecular formula is C16H25NO4. The molecule has 1 fully saturated rings. The van der Waals surface area contributed by atoms with Gasteiger partial charge in [0.1, 0.15) is 0 Å². The maximum atomic E-state index is 5.88. The van der Waals surface area contributed by atoms with E-state index in [2.05, 4.69) is 0 Å². The van der Waals surface area contributed by atoms with Gasteiger partial charge in [0.15, 0.2) is 11.5 Å². The van der Waals surface area contributed by atoms with Crippen molar-refractivity contribution < 1.29 is 18.9 Å². The van der Waals surface area contributed by atoms with Crippen LogP contribution in [0.25, 0.3) is 0 Å². The molecule has 1 atom stereocenters. The highest BCUT2D eigenvalue weighted by Gasteiger charge is 2.18. The van der Waals surface area contributed by atoms with Crippen LogP contribution in [0.2, 0.25) is 0 Å². The Kier molecular flexibility index (Phi) is 6.14. The first-order valence-corrected chi connectivity index (χ1v) is 7.47. The van der Waals surface area contributed by atoms with E-state index in [1.54, 1.807) is 14.2 Å². The predicted octanol–water partition coefficient (Wildman–Crippen LogP) is 2.15. The van der Waals surface area contributed by atoms with E-state index in [1.165, 1.54) is 0 Å². The standard InChI is InChI=1S/C16H25NO4/c1-18-14-10-12(5-7-17)11-15(19-2)16(14)21-9-6-13-4-3-8-20-13/h10-11,13H,3-9,17H2,1-2H3. The summed E-state index contributed by atoms with van der Waals surface area (Å²) in [6, 6.07) is 3.91. The molecule has 5 nitrogen and oxygen atoms in total. The van der Waals surface area contributed by atoms with Crippen molar-refractivity contribution in [3.63, 3.8) is 0 Å². The number of hydrogen-bond acceptors (Lipinski definition) is 5. The first-order valence-electron chi connectivity index (χ1n) is 7.47. The Morgan fingerprint density at radius 1 is 1.24 bits per heavy atom. The van der Waals surface area contributed by atoms with Gasteiger partial charge in [-0.2, -0.15) is 0 Å². The molecule has 1 aliphatic heterocycles. The summed E-state index contributed by atoms with van der Waals surface area (Å²) in [5, 5.41) is 0. The second-order valence-electron chi connectivity index (χ2n) is 5.14. The van der Waals surface area contributed by atoms with Crippen LogP contribution in [0.4, 0.5) is 0 Å². The highest BCUT2D eigenvalue weighted by Crippen LogP contribution is 2.38. The summed E-state index contributed by atoms with van der Waals surface area (Å²) in [6.45, 7) is 2.05. The van der Waals surface area contributed by atoms with E-state index in [4.69, 9.17) is 24.7 Å². The molecule has 118 valence electrons. The van der Waals surface area contributed by atoms with Gasteiger partial charge in [-0.25, -0.2) is 0 Å². The third kappa shape index (κ3) is 4.25. The molecule has 0 saturated carbocycles. The van der Waals surface area contributed by atoms with Gasteiger partial charge in [0.25, 0.3) is 0 Å². The van der Waals surface area contributed by atoms with Gasteiger partial charge in [0, 0.05) is 13.0 Å². The molecule has 1 aliphatic rings. The smallest absolute Gasteiger partial charge is 0.203 e. The number of rotatable bonds is 8. The SMILES string of the molecule is COc1cc(CCN)cc(OC)c1OCCC1CCCO1. The lowest BCUT2D eigenvalue weighted by Crippen LogP contribution is -2.11. The fourth-order valence-electron chi connectivity index (χ4n) is 2.55. The van der Waals surface area contributed by atoms with Gasteiger partial charge in [0.05, 0.1) is 26.9 Å². The maximum absolute atomic E-state index is 5.88. The van der Waals surface area contributed by atoms with Crippen LogP contribution in [-0.4, -0.2) is 40.1 Å². The topological polar surface area (TPSA) is 62.9 Å². The second kappa shape index (κ2) is 8.10. The summed E-state index contributed by atoms with van der Waals surface area (Å²) in [5.41, 5.74) is 6.69. The normalized spacial score (nSPS) is 17.8. The van der Waals surface area contributed by atoms with Gasteiger partial charge >= 0.3 is 0 Å². The molecule has 0 bridgehead atoms. The van der Waals surface area contributed by atoms with E-state index in [9.17, 15) is 0 Å². The average Bonchev–Trinajstić information content (AvgIpc) is 3.01. The van der Waals surface area contributed by atoms with Crippen LogP contribution >= 0.6 is 0 Å². The number of hydrogen-bond donors (Lipinski definition) is 1. The molecule has 0 aromatic heterocycles. The molecule has 0 spiro atoms. The first-order chi connectivity index (χ1) is 10.3. The molecule has 1 aromatic rings. The lowest BCUT2D eigenvalue weighted by atomic mass is 10.1. The number of ether oxygens (including phenoxy) is 4. The molecule has 0 aliphatic carbocycles. The van der Waals surface area contributed by atoms with E-state index < -0.39 is 0 Å². The average molecular weight is 295 g/mol. The molecule has 2 N–H and O–H groups in total. The number of benzene rings is 1. The molecule has 0 amide bonds. The minimum absolute atomic E-state index is 0.318. The highest BCUT2D eigenvalue weighted by molar-refractivity contribution is 5.54. The summed E-state index contributed by atoms with van der Waals surface area (Å²) in [7, 11) is 3.27. The van der Waals surface area contributed by atoms with Crippen LogP contribution in [0.1, 0.15) is 24.8 Å². The van der Waals surface area contributed by atoms with Crippen molar-refractivity contribution in [3.05, 3.63) is 17.7 Å². The van der Waals surface area contributed by atoms with Gasteiger partial charge in [-0.1, -0.05) is 0 Å². The fourth-order valence-corrected chi connectivity index (χ4v) is 2.55. The largest absolute Gasteiger partial charge is 0.493 e. The van der Waals surface area contributed by atoms with Crippen LogP contribution in [0.15, 0.2) is 12.1 Å². The Hall–Kier alpha value is -1.46. The third-order valence-electron chi connectivity index (χ3n) is 3.66. The van der Waals surface area contributed by atoms with Crippen LogP contribution in [-0.2, 0) is 11.2 Å². The van der Waals surface area contributed by atoms with Crippen LogP contribution in [0.5, 0.6) is 17.2 Å². The van der Waals surface area contributed by atoms with Crippen LogP contribution in [0, 0.1) is 0 Å². The minimum Gasteiger partial charge on any atom is -0.493 e. The molecule has 21 heavy (non-hydrogen) atoms. The molecule has 1 unspecified atom stereocenters. The Labute approximate surface area is 126 Å². The molecule has 2 rings (SSSR count). The summed E-state index contributed by atoms with van der Waals surface area (Å²) in [5.74, 6) is 2.02. The lowest BCUT2D eigenvalue weighted by Gasteiger charge is -2.17. The Balaban J connectivity index is 2.04. The molecule has 1 aromatic carbocycles.